The molecule has 2 aliphatic rings. The fourth-order valence-electron chi connectivity index (χ4n) is 4.05. The number of esters is 1. The fourth-order valence-corrected chi connectivity index (χ4v) is 4.05. The maximum absolute atomic E-state index is 12.7. The van der Waals surface area contributed by atoms with Crippen LogP contribution in [0.4, 0.5) is 0 Å². The van der Waals surface area contributed by atoms with Gasteiger partial charge in [0.1, 0.15) is 17.1 Å². The normalized spacial score (nSPS) is 20.7. The smallest absolute Gasteiger partial charge is 0.526 e. The van der Waals surface area contributed by atoms with Gasteiger partial charge in [-0.2, -0.15) is 0 Å². The van der Waals surface area contributed by atoms with Crippen LogP contribution in [0, 0.1) is 5.92 Å². The summed E-state index contributed by atoms with van der Waals surface area (Å²) in [7, 11) is -1.08. The highest BCUT2D eigenvalue weighted by Gasteiger charge is 2.38. The Hall–Kier alpha value is -1.82. The van der Waals surface area contributed by atoms with Crippen molar-refractivity contribution < 1.29 is 24.0 Å². The second-order valence-corrected chi connectivity index (χ2v) is 7.35. The summed E-state index contributed by atoms with van der Waals surface area (Å²) in [6.45, 7) is 2.03. The quantitative estimate of drug-likeness (QED) is 0.495. The minimum absolute atomic E-state index is 0.122. The maximum Gasteiger partial charge on any atom is 0.526 e. The Labute approximate surface area is 155 Å². The predicted molar refractivity (Wildman–Crippen MR) is 99.3 cm³/mol. The van der Waals surface area contributed by atoms with Crippen LogP contribution < -0.4 is 4.65 Å². The number of para-hydroxylation sites is 1. The monoisotopic (exact) mass is 358 g/mol. The van der Waals surface area contributed by atoms with Gasteiger partial charge in [0.25, 0.3) is 0 Å². The molecule has 1 aliphatic carbocycles. The van der Waals surface area contributed by atoms with Crippen molar-refractivity contribution in [2.45, 2.75) is 64.1 Å². The van der Waals surface area contributed by atoms with E-state index >= 15 is 0 Å². The lowest BCUT2D eigenvalue weighted by atomic mass is 9.63. The number of hydrogen-bond acceptors (Lipinski definition) is 5. The number of rotatable bonds is 5. The predicted octanol–water partition coefficient (Wildman–Crippen LogP) is 3.58. The van der Waals surface area contributed by atoms with Crippen LogP contribution in [-0.2, 0) is 16.0 Å². The molecule has 1 fully saturated rings. The second-order valence-electron chi connectivity index (χ2n) is 7.35. The standard InChI is InChI=1S/C20H27BO5/c1-2-25-20(23)17-11-7-10-15-12-16(21(24)26-19(15)17)13-18(22)14-8-5-3-4-6-9-14/h7,10-11,14,16,24H,2-6,8-9,12-13H2,1H3/t16-/m1/s1. The summed E-state index contributed by atoms with van der Waals surface area (Å²) in [5, 5.41) is 10.4. The maximum atomic E-state index is 12.7. The molecule has 0 aromatic heterocycles. The van der Waals surface area contributed by atoms with Crippen molar-refractivity contribution >= 4 is 18.9 Å². The number of carbonyl (C=O) groups is 2. The van der Waals surface area contributed by atoms with Crippen molar-refractivity contribution in [2.24, 2.45) is 5.92 Å². The van der Waals surface area contributed by atoms with Crippen LogP contribution in [0.3, 0.4) is 0 Å². The highest BCUT2D eigenvalue weighted by atomic mass is 16.5. The summed E-state index contributed by atoms with van der Waals surface area (Å²) in [5.41, 5.74) is 1.18. The Morgan fingerprint density at radius 1 is 1.23 bits per heavy atom. The zero-order chi connectivity index (χ0) is 18.5. The summed E-state index contributed by atoms with van der Waals surface area (Å²) >= 11 is 0. The molecule has 1 saturated carbocycles. The Morgan fingerprint density at radius 3 is 2.65 bits per heavy atom. The summed E-state index contributed by atoms with van der Waals surface area (Å²) in [5.74, 6) is 0.0263. The van der Waals surface area contributed by atoms with E-state index in [1.807, 2.05) is 6.07 Å². The van der Waals surface area contributed by atoms with Gasteiger partial charge in [0.05, 0.1) is 6.61 Å². The number of benzene rings is 1. The van der Waals surface area contributed by atoms with Crippen LogP contribution in [0.2, 0.25) is 5.82 Å². The van der Waals surface area contributed by atoms with Gasteiger partial charge in [0.15, 0.2) is 0 Å². The summed E-state index contributed by atoms with van der Waals surface area (Å²) in [6, 6.07) is 5.31. The van der Waals surface area contributed by atoms with Crippen LogP contribution in [-0.4, -0.2) is 30.5 Å². The van der Waals surface area contributed by atoms with Crippen LogP contribution in [0.25, 0.3) is 0 Å². The first-order valence-electron chi connectivity index (χ1n) is 9.76. The first-order valence-corrected chi connectivity index (χ1v) is 9.76. The van der Waals surface area contributed by atoms with Gasteiger partial charge in [-0.25, -0.2) is 4.79 Å². The number of ether oxygens (including phenoxy) is 1. The van der Waals surface area contributed by atoms with Gasteiger partial charge in [-0.05, 0) is 37.8 Å². The summed E-state index contributed by atoms with van der Waals surface area (Å²) in [6.07, 6.45) is 7.44. The van der Waals surface area contributed by atoms with E-state index in [0.717, 1.165) is 31.2 Å². The molecular formula is C20H27BO5. The minimum Gasteiger partial charge on any atom is -0.535 e. The van der Waals surface area contributed by atoms with Crippen molar-refractivity contribution in [1.29, 1.82) is 0 Å². The van der Waals surface area contributed by atoms with Gasteiger partial charge in [0, 0.05) is 18.2 Å². The lowest BCUT2D eigenvalue weighted by Crippen LogP contribution is -2.36. The molecule has 0 amide bonds. The van der Waals surface area contributed by atoms with E-state index in [2.05, 4.69) is 0 Å². The van der Waals surface area contributed by atoms with Crippen LogP contribution >= 0.6 is 0 Å². The molecule has 3 rings (SSSR count). The Bertz CT molecular complexity index is 652. The van der Waals surface area contributed by atoms with Crippen molar-refractivity contribution in [3.8, 4) is 5.75 Å². The van der Waals surface area contributed by atoms with Gasteiger partial charge in [-0.1, -0.05) is 37.8 Å². The fraction of sp³-hybridized carbons (Fsp3) is 0.600. The lowest BCUT2D eigenvalue weighted by Gasteiger charge is -2.29. The van der Waals surface area contributed by atoms with Gasteiger partial charge < -0.3 is 14.4 Å². The van der Waals surface area contributed by atoms with Gasteiger partial charge >= 0.3 is 13.1 Å². The third-order valence-corrected chi connectivity index (χ3v) is 5.49. The molecule has 1 aliphatic heterocycles. The molecule has 1 atom stereocenters. The number of hydrogen-bond donors (Lipinski definition) is 1. The number of ketones is 1. The van der Waals surface area contributed by atoms with E-state index in [9.17, 15) is 14.6 Å². The van der Waals surface area contributed by atoms with Gasteiger partial charge in [-0.3, -0.25) is 4.79 Å². The van der Waals surface area contributed by atoms with Crippen molar-refractivity contribution in [3.05, 3.63) is 29.3 Å². The zero-order valence-electron chi connectivity index (χ0n) is 15.4. The number of fused-ring (bicyclic) bond motifs is 1. The lowest BCUT2D eigenvalue weighted by molar-refractivity contribution is -0.123. The van der Waals surface area contributed by atoms with E-state index in [0.29, 0.717) is 24.2 Å². The van der Waals surface area contributed by atoms with Crippen molar-refractivity contribution in [2.75, 3.05) is 6.61 Å². The topological polar surface area (TPSA) is 72.8 Å². The molecule has 1 aromatic rings. The minimum atomic E-state index is -1.08. The van der Waals surface area contributed by atoms with Crippen molar-refractivity contribution in [3.63, 3.8) is 0 Å². The largest absolute Gasteiger partial charge is 0.535 e. The molecule has 0 bridgehead atoms. The van der Waals surface area contributed by atoms with E-state index in [4.69, 9.17) is 9.39 Å². The second kappa shape index (κ2) is 8.71. The van der Waals surface area contributed by atoms with Gasteiger partial charge in [0.2, 0.25) is 0 Å². The average Bonchev–Trinajstić information content (AvgIpc) is 2.91. The van der Waals surface area contributed by atoms with Crippen LogP contribution in [0.15, 0.2) is 18.2 Å². The molecule has 26 heavy (non-hydrogen) atoms. The first-order chi connectivity index (χ1) is 12.6. The highest BCUT2D eigenvalue weighted by Crippen LogP contribution is 2.37. The van der Waals surface area contributed by atoms with Gasteiger partial charge in [-0.15, -0.1) is 0 Å². The number of carbonyl (C=O) groups excluding carboxylic acids is 2. The molecule has 1 N–H and O–H groups in total. The van der Waals surface area contributed by atoms with E-state index in [-0.39, 0.29) is 24.1 Å². The number of Topliss-reactive ketones (excluding diaryl/α,β-unsaturated/α-hetero) is 1. The molecule has 1 heterocycles. The molecule has 0 saturated heterocycles. The van der Waals surface area contributed by atoms with Crippen LogP contribution in [0.5, 0.6) is 5.75 Å². The molecule has 6 heteroatoms. The molecule has 5 nitrogen and oxygen atoms in total. The molecule has 1 aromatic carbocycles. The van der Waals surface area contributed by atoms with E-state index < -0.39 is 13.1 Å². The Morgan fingerprint density at radius 2 is 1.96 bits per heavy atom. The Balaban J connectivity index is 1.70. The SMILES string of the molecule is CCOC(=O)c1cccc2c1OB(O)[C@@H](CC(=O)C1CCCCCC1)C2. The Kier molecular flexibility index (Phi) is 6.36. The molecule has 140 valence electrons. The first kappa shape index (κ1) is 19.0. The zero-order valence-corrected chi connectivity index (χ0v) is 15.4. The molecular weight excluding hydrogens is 331 g/mol. The van der Waals surface area contributed by atoms with Crippen LogP contribution in [0.1, 0.15) is 67.8 Å². The summed E-state index contributed by atoms with van der Waals surface area (Å²) < 4.78 is 10.7. The molecule has 0 spiro atoms. The van der Waals surface area contributed by atoms with Crippen molar-refractivity contribution in [1.82, 2.24) is 0 Å². The third kappa shape index (κ3) is 4.29. The average molecular weight is 358 g/mol. The summed E-state index contributed by atoms with van der Waals surface area (Å²) in [4.78, 5) is 24.8. The van der Waals surface area contributed by atoms with E-state index in [1.165, 1.54) is 12.8 Å². The molecule has 0 radical (unpaired) electrons. The molecule has 0 unspecified atom stereocenters. The van der Waals surface area contributed by atoms with E-state index in [1.54, 1.807) is 19.1 Å². The highest BCUT2D eigenvalue weighted by molar-refractivity contribution is 6.47. The third-order valence-electron chi connectivity index (χ3n) is 5.49.